The summed E-state index contributed by atoms with van der Waals surface area (Å²) in [6.07, 6.45) is 1.41. The Kier molecular flexibility index (Phi) is 5.37. The smallest absolute Gasteiger partial charge is 0.0720 e. The zero-order valence-electron chi connectivity index (χ0n) is 9.92. The monoisotopic (exact) mass is 207 g/mol. The number of ether oxygens (including phenoxy) is 1. The van der Waals surface area contributed by atoms with E-state index in [2.05, 4.69) is 43.4 Å². The summed E-state index contributed by atoms with van der Waals surface area (Å²) in [7, 11) is 1.96. The highest BCUT2D eigenvalue weighted by Gasteiger charge is 2.00. The molecule has 0 amide bonds. The van der Waals surface area contributed by atoms with E-state index in [0.29, 0.717) is 12.7 Å². The molecular formula is C13H21NO. The number of nitrogens with one attached hydrogen (secondary N) is 1. The van der Waals surface area contributed by atoms with Gasteiger partial charge >= 0.3 is 0 Å². The summed E-state index contributed by atoms with van der Waals surface area (Å²) < 4.78 is 5.69. The minimum Gasteiger partial charge on any atom is -0.374 e. The quantitative estimate of drug-likeness (QED) is 0.774. The number of hydrogen-bond donors (Lipinski definition) is 1. The Morgan fingerprint density at radius 1 is 1.33 bits per heavy atom. The Balaban J connectivity index is 2.50. The third kappa shape index (κ3) is 4.45. The molecule has 0 aliphatic carbocycles. The van der Waals surface area contributed by atoms with Crippen molar-refractivity contribution in [2.45, 2.75) is 39.5 Å². The normalized spacial score (nSPS) is 12.7. The Morgan fingerprint density at radius 2 is 2.07 bits per heavy atom. The molecule has 0 heterocycles. The fourth-order valence-corrected chi connectivity index (χ4v) is 1.39. The maximum atomic E-state index is 5.69. The molecule has 0 radical (unpaired) electrons. The average molecular weight is 207 g/mol. The lowest BCUT2D eigenvalue weighted by molar-refractivity contribution is 0.0508. The van der Waals surface area contributed by atoms with Crippen molar-refractivity contribution in [3.8, 4) is 0 Å². The lowest BCUT2D eigenvalue weighted by Crippen LogP contribution is -2.08. The molecule has 1 rings (SSSR count). The van der Waals surface area contributed by atoms with Crippen LogP contribution in [0.5, 0.6) is 0 Å². The van der Waals surface area contributed by atoms with Gasteiger partial charge in [0.05, 0.1) is 12.7 Å². The van der Waals surface area contributed by atoms with Gasteiger partial charge in [-0.25, -0.2) is 0 Å². The van der Waals surface area contributed by atoms with Gasteiger partial charge in [-0.05, 0) is 31.5 Å². The number of rotatable bonds is 6. The van der Waals surface area contributed by atoms with Crippen molar-refractivity contribution in [2.75, 3.05) is 7.05 Å². The van der Waals surface area contributed by atoms with Crippen LogP contribution in [0, 0.1) is 0 Å². The van der Waals surface area contributed by atoms with Gasteiger partial charge in [-0.15, -0.1) is 0 Å². The van der Waals surface area contributed by atoms with E-state index in [-0.39, 0.29) is 0 Å². The minimum absolute atomic E-state index is 0.345. The summed E-state index contributed by atoms with van der Waals surface area (Å²) >= 11 is 0. The van der Waals surface area contributed by atoms with Crippen LogP contribution in [-0.2, 0) is 17.9 Å². The molecule has 0 aliphatic rings. The number of benzene rings is 1. The average Bonchev–Trinajstić information content (AvgIpc) is 2.27. The fourth-order valence-electron chi connectivity index (χ4n) is 1.39. The van der Waals surface area contributed by atoms with Crippen molar-refractivity contribution in [3.05, 3.63) is 35.4 Å². The van der Waals surface area contributed by atoms with E-state index in [1.165, 1.54) is 11.1 Å². The first kappa shape index (κ1) is 12.2. The minimum atomic E-state index is 0.345. The molecule has 0 saturated carbocycles. The molecule has 84 valence electrons. The predicted molar refractivity (Wildman–Crippen MR) is 63.7 cm³/mol. The molecule has 15 heavy (non-hydrogen) atoms. The first-order valence-electron chi connectivity index (χ1n) is 5.60. The Hall–Kier alpha value is -0.860. The van der Waals surface area contributed by atoms with Crippen LogP contribution in [-0.4, -0.2) is 13.2 Å². The van der Waals surface area contributed by atoms with Gasteiger partial charge in [0.25, 0.3) is 0 Å². The fraction of sp³-hybridized carbons (Fsp3) is 0.538. The largest absolute Gasteiger partial charge is 0.374 e. The second kappa shape index (κ2) is 6.59. The maximum Gasteiger partial charge on any atom is 0.0720 e. The van der Waals surface area contributed by atoms with Crippen molar-refractivity contribution < 1.29 is 4.74 Å². The molecule has 2 nitrogen and oxygen atoms in total. The van der Waals surface area contributed by atoms with Crippen molar-refractivity contribution in [1.82, 2.24) is 5.32 Å². The Labute approximate surface area is 92.6 Å². The van der Waals surface area contributed by atoms with E-state index >= 15 is 0 Å². The van der Waals surface area contributed by atoms with Crippen LogP contribution in [0.1, 0.15) is 31.4 Å². The van der Waals surface area contributed by atoms with Gasteiger partial charge in [0.2, 0.25) is 0 Å². The molecule has 0 aromatic heterocycles. The second-order valence-electron chi connectivity index (χ2n) is 3.88. The van der Waals surface area contributed by atoms with Crippen LogP contribution in [0.4, 0.5) is 0 Å². The summed E-state index contributed by atoms with van der Waals surface area (Å²) in [4.78, 5) is 0. The van der Waals surface area contributed by atoms with Gasteiger partial charge in [0.1, 0.15) is 0 Å². The van der Waals surface area contributed by atoms with Crippen molar-refractivity contribution >= 4 is 0 Å². The van der Waals surface area contributed by atoms with Crippen LogP contribution < -0.4 is 5.32 Å². The lowest BCUT2D eigenvalue weighted by Gasteiger charge is -2.11. The SMILES string of the molecule is CCC(C)OCc1cccc(CNC)c1. The highest BCUT2D eigenvalue weighted by molar-refractivity contribution is 5.22. The third-order valence-electron chi connectivity index (χ3n) is 2.48. The molecule has 0 aliphatic heterocycles. The van der Waals surface area contributed by atoms with E-state index in [1.54, 1.807) is 0 Å². The molecule has 1 atom stereocenters. The third-order valence-corrected chi connectivity index (χ3v) is 2.48. The van der Waals surface area contributed by atoms with Crippen LogP contribution in [0.15, 0.2) is 24.3 Å². The standard InChI is InChI=1S/C13H21NO/c1-4-11(2)15-10-13-7-5-6-12(8-13)9-14-3/h5-8,11,14H,4,9-10H2,1-3H3. The molecule has 1 aromatic rings. The van der Waals surface area contributed by atoms with Crippen LogP contribution in [0.25, 0.3) is 0 Å². The highest BCUT2D eigenvalue weighted by Crippen LogP contribution is 2.08. The molecule has 0 saturated heterocycles. The van der Waals surface area contributed by atoms with Gasteiger partial charge in [-0.3, -0.25) is 0 Å². The van der Waals surface area contributed by atoms with Gasteiger partial charge in [0.15, 0.2) is 0 Å². The molecule has 0 bridgehead atoms. The van der Waals surface area contributed by atoms with Gasteiger partial charge in [0, 0.05) is 6.54 Å². The van der Waals surface area contributed by atoms with E-state index < -0.39 is 0 Å². The van der Waals surface area contributed by atoms with E-state index in [1.807, 2.05) is 7.05 Å². The molecular weight excluding hydrogens is 186 g/mol. The van der Waals surface area contributed by atoms with Gasteiger partial charge in [-0.2, -0.15) is 0 Å². The Morgan fingerprint density at radius 3 is 2.73 bits per heavy atom. The van der Waals surface area contributed by atoms with E-state index in [4.69, 9.17) is 4.74 Å². The molecule has 1 N–H and O–H groups in total. The summed E-state index contributed by atoms with van der Waals surface area (Å²) in [6.45, 7) is 5.88. The topological polar surface area (TPSA) is 21.3 Å². The highest BCUT2D eigenvalue weighted by atomic mass is 16.5. The molecule has 1 aromatic carbocycles. The molecule has 1 unspecified atom stereocenters. The number of hydrogen-bond acceptors (Lipinski definition) is 2. The van der Waals surface area contributed by atoms with Gasteiger partial charge < -0.3 is 10.1 Å². The van der Waals surface area contributed by atoms with Crippen LogP contribution >= 0.6 is 0 Å². The predicted octanol–water partition coefficient (Wildman–Crippen LogP) is 2.72. The molecule has 0 fully saturated rings. The summed E-state index contributed by atoms with van der Waals surface area (Å²) in [6, 6.07) is 8.52. The summed E-state index contributed by atoms with van der Waals surface area (Å²) in [5, 5.41) is 3.15. The first-order chi connectivity index (χ1) is 7.26. The van der Waals surface area contributed by atoms with Crippen molar-refractivity contribution in [3.63, 3.8) is 0 Å². The Bertz CT molecular complexity index is 286. The zero-order valence-corrected chi connectivity index (χ0v) is 9.92. The lowest BCUT2D eigenvalue weighted by atomic mass is 10.1. The second-order valence-corrected chi connectivity index (χ2v) is 3.88. The first-order valence-corrected chi connectivity index (χ1v) is 5.60. The van der Waals surface area contributed by atoms with Crippen LogP contribution in [0.2, 0.25) is 0 Å². The van der Waals surface area contributed by atoms with Gasteiger partial charge in [-0.1, -0.05) is 31.2 Å². The maximum absolute atomic E-state index is 5.69. The van der Waals surface area contributed by atoms with Crippen molar-refractivity contribution in [2.24, 2.45) is 0 Å². The van der Waals surface area contributed by atoms with E-state index in [0.717, 1.165) is 13.0 Å². The van der Waals surface area contributed by atoms with Crippen molar-refractivity contribution in [1.29, 1.82) is 0 Å². The molecule has 0 spiro atoms. The summed E-state index contributed by atoms with van der Waals surface area (Å²) in [5.74, 6) is 0. The van der Waals surface area contributed by atoms with Crippen LogP contribution in [0.3, 0.4) is 0 Å². The van der Waals surface area contributed by atoms with E-state index in [9.17, 15) is 0 Å². The molecule has 2 heteroatoms. The summed E-state index contributed by atoms with van der Waals surface area (Å²) in [5.41, 5.74) is 2.56. The zero-order chi connectivity index (χ0) is 11.1.